The van der Waals surface area contributed by atoms with Crippen molar-refractivity contribution in [3.8, 4) is 0 Å². The third-order valence-corrected chi connectivity index (χ3v) is 1.74. The van der Waals surface area contributed by atoms with Gasteiger partial charge in [0, 0.05) is 6.20 Å². The quantitative estimate of drug-likeness (QED) is 0.708. The van der Waals surface area contributed by atoms with Crippen molar-refractivity contribution in [1.29, 1.82) is 0 Å². The summed E-state index contributed by atoms with van der Waals surface area (Å²) in [4.78, 5) is 25.5. The number of methoxy groups -OCH3 is 1. The molecule has 0 fully saturated rings. The van der Waals surface area contributed by atoms with Crippen LogP contribution >= 0.6 is 0 Å². The molecule has 0 atom stereocenters. The second-order valence-corrected chi connectivity index (χ2v) is 2.65. The number of hydrogen-bond donors (Lipinski definition) is 1. The van der Waals surface area contributed by atoms with Crippen molar-refractivity contribution >= 4 is 11.9 Å². The Labute approximate surface area is 80.3 Å². The molecule has 1 aromatic rings. The van der Waals surface area contributed by atoms with Gasteiger partial charge in [-0.25, -0.2) is 9.59 Å². The topological polar surface area (TPSA) is 76.5 Å². The molecule has 0 bridgehead atoms. The number of aromatic nitrogens is 1. The number of aromatic carboxylic acids is 1. The zero-order chi connectivity index (χ0) is 10.7. The minimum absolute atomic E-state index is 0.00731. The van der Waals surface area contributed by atoms with Gasteiger partial charge in [0.2, 0.25) is 0 Å². The number of esters is 1. The Balaban J connectivity index is 3.19. The van der Waals surface area contributed by atoms with E-state index in [9.17, 15) is 9.59 Å². The van der Waals surface area contributed by atoms with Gasteiger partial charge >= 0.3 is 11.9 Å². The van der Waals surface area contributed by atoms with Gasteiger partial charge in [0.15, 0.2) is 0 Å². The predicted molar refractivity (Wildman–Crippen MR) is 47.3 cm³/mol. The fourth-order valence-corrected chi connectivity index (χ4v) is 0.979. The van der Waals surface area contributed by atoms with E-state index in [1.54, 1.807) is 6.92 Å². The molecule has 0 radical (unpaired) electrons. The van der Waals surface area contributed by atoms with E-state index < -0.39 is 11.9 Å². The summed E-state index contributed by atoms with van der Waals surface area (Å²) in [6, 6.07) is 1.25. The van der Waals surface area contributed by atoms with E-state index in [1.807, 2.05) is 0 Å². The number of ether oxygens (including phenoxy) is 1. The van der Waals surface area contributed by atoms with E-state index in [4.69, 9.17) is 5.11 Å². The highest BCUT2D eigenvalue weighted by molar-refractivity contribution is 5.94. The van der Waals surface area contributed by atoms with Crippen LogP contribution in [0.15, 0.2) is 12.3 Å². The molecule has 0 aliphatic heterocycles. The lowest BCUT2D eigenvalue weighted by Crippen LogP contribution is -2.07. The number of carboxylic acids is 1. The number of carbonyl (C=O) groups excluding carboxylic acids is 1. The van der Waals surface area contributed by atoms with Crippen LogP contribution in [0.3, 0.4) is 0 Å². The number of pyridine rings is 1. The number of carbonyl (C=O) groups is 2. The summed E-state index contributed by atoms with van der Waals surface area (Å²) in [5.41, 5.74) is 0.508. The van der Waals surface area contributed by atoms with E-state index in [0.717, 1.165) is 0 Å². The zero-order valence-electron chi connectivity index (χ0n) is 7.77. The lowest BCUT2D eigenvalue weighted by atomic mass is 10.1. The first-order chi connectivity index (χ1) is 6.56. The van der Waals surface area contributed by atoms with Crippen molar-refractivity contribution in [1.82, 2.24) is 4.98 Å². The minimum Gasteiger partial charge on any atom is -0.478 e. The predicted octanol–water partition coefficient (Wildman–Crippen LogP) is 0.875. The van der Waals surface area contributed by atoms with Crippen molar-refractivity contribution in [2.24, 2.45) is 0 Å². The van der Waals surface area contributed by atoms with Crippen molar-refractivity contribution in [3.63, 3.8) is 0 Å². The molecule has 0 aromatic carbocycles. The largest absolute Gasteiger partial charge is 0.478 e. The third kappa shape index (κ3) is 1.87. The van der Waals surface area contributed by atoms with Crippen molar-refractivity contribution in [2.75, 3.05) is 7.11 Å². The number of nitrogens with zero attached hydrogens (tertiary/aromatic N) is 1. The van der Waals surface area contributed by atoms with Gasteiger partial charge in [0.25, 0.3) is 0 Å². The Kier molecular flexibility index (Phi) is 2.81. The molecule has 5 heteroatoms. The molecular weight excluding hydrogens is 186 g/mol. The smallest absolute Gasteiger partial charge is 0.339 e. The minimum atomic E-state index is -1.11. The summed E-state index contributed by atoms with van der Waals surface area (Å²) in [5, 5.41) is 8.75. The lowest BCUT2D eigenvalue weighted by molar-refractivity contribution is 0.0600. The summed E-state index contributed by atoms with van der Waals surface area (Å²) in [7, 11) is 1.22. The Morgan fingerprint density at radius 2 is 2.14 bits per heavy atom. The number of rotatable bonds is 2. The average Bonchev–Trinajstić information content (AvgIpc) is 2.17. The van der Waals surface area contributed by atoms with Crippen molar-refractivity contribution in [3.05, 3.63) is 29.1 Å². The highest BCUT2D eigenvalue weighted by Gasteiger charge is 2.13. The van der Waals surface area contributed by atoms with Crippen molar-refractivity contribution in [2.45, 2.75) is 6.92 Å². The van der Waals surface area contributed by atoms with Gasteiger partial charge in [-0.05, 0) is 13.0 Å². The molecule has 0 unspecified atom stereocenters. The molecular formula is C9H9NO4. The summed E-state index contributed by atoms with van der Waals surface area (Å²) in [6.45, 7) is 1.56. The maximum absolute atomic E-state index is 11.0. The molecule has 74 valence electrons. The SMILES string of the molecule is COC(=O)c1cnc(C)c(C(=O)O)c1. The van der Waals surface area contributed by atoms with Gasteiger partial charge in [-0.3, -0.25) is 4.98 Å². The van der Waals surface area contributed by atoms with Crippen LogP contribution in [0.2, 0.25) is 0 Å². The molecule has 14 heavy (non-hydrogen) atoms. The summed E-state index contributed by atoms with van der Waals surface area (Å²) in [5.74, 6) is -1.71. The van der Waals surface area contributed by atoms with Gasteiger partial charge in [0.05, 0.1) is 23.9 Å². The highest BCUT2D eigenvalue weighted by atomic mass is 16.5. The van der Waals surface area contributed by atoms with Crippen LogP contribution in [0.4, 0.5) is 0 Å². The second kappa shape index (κ2) is 3.87. The Hall–Kier alpha value is -1.91. The first-order valence-electron chi connectivity index (χ1n) is 3.84. The number of hydrogen-bond acceptors (Lipinski definition) is 4. The normalized spacial score (nSPS) is 9.57. The summed E-state index contributed by atoms with van der Waals surface area (Å²) in [6.07, 6.45) is 1.29. The van der Waals surface area contributed by atoms with Crippen LogP contribution in [0.1, 0.15) is 26.4 Å². The maximum atomic E-state index is 11.0. The molecule has 1 N–H and O–H groups in total. The second-order valence-electron chi connectivity index (χ2n) is 2.65. The van der Waals surface area contributed by atoms with Gasteiger partial charge in [0.1, 0.15) is 0 Å². The molecule has 1 heterocycles. The standard InChI is InChI=1S/C9H9NO4/c1-5-7(8(11)12)3-6(4-10-5)9(13)14-2/h3-4H,1-2H3,(H,11,12). The Bertz CT molecular complexity index is 386. The van der Waals surface area contributed by atoms with Gasteiger partial charge in [-0.15, -0.1) is 0 Å². The maximum Gasteiger partial charge on any atom is 0.339 e. The Morgan fingerprint density at radius 3 is 2.64 bits per heavy atom. The molecule has 5 nitrogen and oxygen atoms in total. The lowest BCUT2D eigenvalue weighted by Gasteiger charge is -2.02. The van der Waals surface area contributed by atoms with Gasteiger partial charge < -0.3 is 9.84 Å². The average molecular weight is 195 g/mol. The Morgan fingerprint density at radius 1 is 1.50 bits per heavy atom. The molecule has 0 saturated carbocycles. The van der Waals surface area contributed by atoms with E-state index in [0.29, 0.717) is 5.69 Å². The van der Waals surface area contributed by atoms with Crippen LogP contribution in [0.25, 0.3) is 0 Å². The molecule has 1 aromatic heterocycles. The van der Waals surface area contributed by atoms with Crippen LogP contribution in [-0.2, 0) is 4.74 Å². The first-order valence-corrected chi connectivity index (χ1v) is 3.84. The molecule has 1 rings (SSSR count). The fourth-order valence-electron chi connectivity index (χ4n) is 0.979. The van der Waals surface area contributed by atoms with Crippen LogP contribution in [0.5, 0.6) is 0 Å². The zero-order valence-corrected chi connectivity index (χ0v) is 7.77. The van der Waals surface area contributed by atoms with Gasteiger partial charge in [-0.2, -0.15) is 0 Å². The summed E-state index contributed by atoms with van der Waals surface area (Å²) < 4.78 is 4.44. The fraction of sp³-hybridized carbons (Fsp3) is 0.222. The van der Waals surface area contributed by atoms with Crippen LogP contribution in [0, 0.1) is 6.92 Å². The molecule has 0 saturated heterocycles. The molecule has 0 aliphatic rings. The third-order valence-electron chi connectivity index (χ3n) is 1.74. The van der Waals surface area contributed by atoms with Gasteiger partial charge in [-0.1, -0.05) is 0 Å². The summed E-state index contributed by atoms with van der Waals surface area (Å²) >= 11 is 0. The van der Waals surface area contributed by atoms with Crippen LogP contribution in [-0.4, -0.2) is 29.1 Å². The van der Waals surface area contributed by atoms with E-state index >= 15 is 0 Å². The van der Waals surface area contributed by atoms with E-state index in [-0.39, 0.29) is 11.1 Å². The molecule has 0 aliphatic carbocycles. The number of carboxylic acid groups (broad SMARTS) is 1. The van der Waals surface area contributed by atoms with E-state index in [2.05, 4.69) is 9.72 Å². The molecule has 0 spiro atoms. The van der Waals surface area contributed by atoms with E-state index in [1.165, 1.54) is 19.4 Å². The number of aryl methyl sites for hydroxylation is 1. The molecule has 0 amide bonds. The van der Waals surface area contributed by atoms with Crippen LogP contribution < -0.4 is 0 Å². The first kappa shape index (κ1) is 10.2. The van der Waals surface area contributed by atoms with Crippen molar-refractivity contribution < 1.29 is 19.4 Å². The monoisotopic (exact) mass is 195 g/mol. The highest BCUT2D eigenvalue weighted by Crippen LogP contribution is 2.08.